The maximum absolute atomic E-state index is 12.5. The molecule has 3 aromatic rings. The highest BCUT2D eigenvalue weighted by Gasteiger charge is 2.17. The van der Waals surface area contributed by atoms with Gasteiger partial charge in [-0.3, -0.25) is 9.78 Å². The van der Waals surface area contributed by atoms with E-state index in [0.29, 0.717) is 12.1 Å². The summed E-state index contributed by atoms with van der Waals surface area (Å²) >= 11 is 0. The van der Waals surface area contributed by atoms with Gasteiger partial charge in [0.15, 0.2) is 0 Å². The fourth-order valence-corrected chi connectivity index (χ4v) is 3.35. The first-order valence-electron chi connectivity index (χ1n) is 8.32. The summed E-state index contributed by atoms with van der Waals surface area (Å²) in [5.41, 5.74) is 5.34. The van der Waals surface area contributed by atoms with Gasteiger partial charge in [-0.2, -0.15) is 0 Å². The molecule has 0 saturated carbocycles. The summed E-state index contributed by atoms with van der Waals surface area (Å²) in [5.74, 6) is -0.0268. The van der Waals surface area contributed by atoms with Crippen LogP contribution in [0.15, 0.2) is 42.9 Å². The first-order valence-corrected chi connectivity index (χ1v) is 8.32. The lowest BCUT2D eigenvalue weighted by atomic mass is 9.98. The number of aromatic nitrogens is 2. The third-order valence-electron chi connectivity index (χ3n) is 4.61. The lowest BCUT2D eigenvalue weighted by Gasteiger charge is -2.19. The number of rotatable bonds is 4. The molecule has 0 spiro atoms. The molecule has 5 heteroatoms. The Balaban J connectivity index is 1.44. The van der Waals surface area contributed by atoms with Crippen LogP contribution < -0.4 is 10.6 Å². The lowest BCUT2D eigenvalue weighted by Crippen LogP contribution is -2.30. The Bertz CT molecular complexity index is 884. The second kappa shape index (κ2) is 6.45. The van der Waals surface area contributed by atoms with Gasteiger partial charge < -0.3 is 15.6 Å². The van der Waals surface area contributed by atoms with Crippen LogP contribution in [0.1, 0.15) is 27.0 Å². The summed E-state index contributed by atoms with van der Waals surface area (Å²) in [5, 5.41) is 7.57. The minimum atomic E-state index is -0.0268. The Morgan fingerprint density at radius 2 is 2.17 bits per heavy atom. The molecule has 0 unspecified atom stereocenters. The Morgan fingerprint density at radius 1 is 1.25 bits per heavy atom. The summed E-state index contributed by atoms with van der Waals surface area (Å²) < 4.78 is 0. The second-order valence-corrected chi connectivity index (χ2v) is 6.12. The molecule has 2 aromatic heterocycles. The van der Waals surface area contributed by atoms with E-state index in [1.165, 1.54) is 10.9 Å². The highest BCUT2D eigenvalue weighted by molar-refractivity contribution is 5.95. The summed E-state index contributed by atoms with van der Waals surface area (Å²) in [4.78, 5) is 20.0. The molecule has 0 saturated heterocycles. The van der Waals surface area contributed by atoms with E-state index >= 15 is 0 Å². The first-order chi connectivity index (χ1) is 11.8. The molecule has 0 bridgehead atoms. The van der Waals surface area contributed by atoms with Crippen LogP contribution in [-0.2, 0) is 19.4 Å². The number of carbonyl (C=O) groups is 1. The molecule has 1 aliphatic heterocycles. The van der Waals surface area contributed by atoms with Crippen molar-refractivity contribution in [3.05, 3.63) is 65.1 Å². The highest BCUT2D eigenvalue weighted by Crippen LogP contribution is 2.19. The van der Waals surface area contributed by atoms with Crippen LogP contribution in [0.5, 0.6) is 0 Å². The summed E-state index contributed by atoms with van der Waals surface area (Å²) in [6.07, 6.45) is 7.24. The van der Waals surface area contributed by atoms with Crippen molar-refractivity contribution in [2.45, 2.75) is 19.4 Å². The number of hydrogen-bond donors (Lipinski definition) is 3. The number of nitrogens with zero attached hydrogens (tertiary/aromatic N) is 1. The Morgan fingerprint density at radius 3 is 3.12 bits per heavy atom. The Hall–Kier alpha value is -2.66. The van der Waals surface area contributed by atoms with Crippen molar-refractivity contribution < 1.29 is 4.79 Å². The maximum atomic E-state index is 12.5. The van der Waals surface area contributed by atoms with E-state index in [9.17, 15) is 4.79 Å². The third kappa shape index (κ3) is 2.78. The largest absolute Gasteiger partial charge is 0.361 e. The molecule has 1 amide bonds. The smallest absolute Gasteiger partial charge is 0.253 e. The number of amides is 1. The van der Waals surface area contributed by atoms with E-state index in [1.54, 1.807) is 6.20 Å². The van der Waals surface area contributed by atoms with Gasteiger partial charge in [0.25, 0.3) is 5.91 Å². The summed E-state index contributed by atoms with van der Waals surface area (Å²) in [6, 6.07) is 8.22. The van der Waals surface area contributed by atoms with Crippen LogP contribution in [0.25, 0.3) is 10.9 Å². The number of pyridine rings is 1. The van der Waals surface area contributed by atoms with Crippen molar-refractivity contribution in [3.8, 4) is 0 Å². The van der Waals surface area contributed by atoms with Gasteiger partial charge in [0, 0.05) is 42.6 Å². The minimum Gasteiger partial charge on any atom is -0.361 e. The molecule has 3 N–H and O–H groups in total. The molecule has 0 fully saturated rings. The number of aromatic amines is 1. The van der Waals surface area contributed by atoms with Gasteiger partial charge in [-0.1, -0.05) is 18.2 Å². The third-order valence-corrected chi connectivity index (χ3v) is 4.61. The highest BCUT2D eigenvalue weighted by atomic mass is 16.1. The zero-order valence-corrected chi connectivity index (χ0v) is 13.4. The number of para-hydroxylation sites is 1. The van der Waals surface area contributed by atoms with Crippen molar-refractivity contribution in [1.82, 2.24) is 20.6 Å². The molecule has 3 heterocycles. The van der Waals surface area contributed by atoms with Crippen molar-refractivity contribution in [2.24, 2.45) is 0 Å². The van der Waals surface area contributed by atoms with Gasteiger partial charge in [-0.05, 0) is 42.1 Å². The normalized spacial score (nSPS) is 13.7. The molecule has 0 aliphatic carbocycles. The molecule has 24 heavy (non-hydrogen) atoms. The Labute approximate surface area is 140 Å². The molecule has 4 rings (SSSR count). The van der Waals surface area contributed by atoms with E-state index in [-0.39, 0.29) is 5.91 Å². The van der Waals surface area contributed by atoms with Gasteiger partial charge in [-0.15, -0.1) is 0 Å². The predicted molar refractivity (Wildman–Crippen MR) is 94.0 cm³/mol. The predicted octanol–water partition coefficient (Wildman–Crippen LogP) is 2.18. The number of nitrogens with one attached hydrogen (secondary N) is 3. The molecule has 5 nitrogen and oxygen atoms in total. The Kier molecular flexibility index (Phi) is 4.01. The van der Waals surface area contributed by atoms with E-state index in [4.69, 9.17) is 0 Å². The van der Waals surface area contributed by atoms with Crippen LogP contribution >= 0.6 is 0 Å². The zero-order valence-electron chi connectivity index (χ0n) is 13.4. The molecular formula is C19H20N4O. The SMILES string of the molecule is O=C(NCCc1c[nH]c2ccccc12)c1cncc2c1CCNC2. The zero-order chi connectivity index (χ0) is 16.4. The molecule has 122 valence electrons. The summed E-state index contributed by atoms with van der Waals surface area (Å²) in [6.45, 7) is 2.31. The van der Waals surface area contributed by atoms with Crippen molar-refractivity contribution in [3.63, 3.8) is 0 Å². The average Bonchev–Trinajstić information content (AvgIpc) is 3.04. The maximum Gasteiger partial charge on any atom is 0.253 e. The lowest BCUT2D eigenvalue weighted by molar-refractivity contribution is 0.0952. The number of carbonyl (C=O) groups excluding carboxylic acids is 1. The minimum absolute atomic E-state index is 0.0268. The molecule has 0 atom stereocenters. The second-order valence-electron chi connectivity index (χ2n) is 6.12. The molecule has 1 aromatic carbocycles. The molecular weight excluding hydrogens is 300 g/mol. The van der Waals surface area contributed by atoms with E-state index in [2.05, 4.69) is 32.7 Å². The quantitative estimate of drug-likeness (QED) is 0.690. The van der Waals surface area contributed by atoms with Crippen LogP contribution in [-0.4, -0.2) is 29.0 Å². The van der Waals surface area contributed by atoms with Gasteiger partial charge in [-0.25, -0.2) is 0 Å². The van der Waals surface area contributed by atoms with Crippen LogP contribution in [0.4, 0.5) is 0 Å². The van der Waals surface area contributed by atoms with Crippen LogP contribution in [0.2, 0.25) is 0 Å². The van der Waals surface area contributed by atoms with E-state index in [1.807, 2.05) is 24.5 Å². The molecule has 0 radical (unpaired) electrons. The number of hydrogen-bond acceptors (Lipinski definition) is 3. The monoisotopic (exact) mass is 320 g/mol. The van der Waals surface area contributed by atoms with E-state index < -0.39 is 0 Å². The van der Waals surface area contributed by atoms with Gasteiger partial charge >= 0.3 is 0 Å². The fourth-order valence-electron chi connectivity index (χ4n) is 3.35. The number of H-pyrrole nitrogens is 1. The standard InChI is InChI=1S/C19H20N4O/c24-19(17-12-21-10-14-9-20-7-6-15(14)17)22-8-5-13-11-23-18-4-2-1-3-16(13)18/h1-4,10-12,20,23H,5-9H2,(H,22,24). The first kappa shape index (κ1) is 14.9. The van der Waals surface area contributed by atoms with Gasteiger partial charge in [0.2, 0.25) is 0 Å². The van der Waals surface area contributed by atoms with Crippen molar-refractivity contribution in [2.75, 3.05) is 13.1 Å². The number of fused-ring (bicyclic) bond motifs is 2. The van der Waals surface area contributed by atoms with Crippen LogP contribution in [0.3, 0.4) is 0 Å². The van der Waals surface area contributed by atoms with Crippen molar-refractivity contribution >= 4 is 16.8 Å². The van der Waals surface area contributed by atoms with Crippen molar-refractivity contribution in [1.29, 1.82) is 0 Å². The average molecular weight is 320 g/mol. The van der Waals surface area contributed by atoms with E-state index in [0.717, 1.165) is 42.6 Å². The molecule has 1 aliphatic rings. The fraction of sp³-hybridized carbons (Fsp3) is 0.263. The topological polar surface area (TPSA) is 69.8 Å². The summed E-state index contributed by atoms with van der Waals surface area (Å²) in [7, 11) is 0. The van der Waals surface area contributed by atoms with Gasteiger partial charge in [0.05, 0.1) is 5.56 Å². The van der Waals surface area contributed by atoms with Gasteiger partial charge in [0.1, 0.15) is 0 Å². The number of benzene rings is 1. The van der Waals surface area contributed by atoms with Crippen LogP contribution in [0, 0.1) is 0 Å².